The van der Waals surface area contributed by atoms with Crippen LogP contribution in [0.3, 0.4) is 0 Å². The van der Waals surface area contributed by atoms with E-state index in [1.165, 1.54) is 19.3 Å². The van der Waals surface area contributed by atoms with E-state index in [1.54, 1.807) is 16.9 Å². The molecule has 5 heterocycles. The Kier molecular flexibility index (Phi) is 4.27. The van der Waals surface area contributed by atoms with Crippen LogP contribution >= 0.6 is 0 Å². The third kappa shape index (κ3) is 3.27. The van der Waals surface area contributed by atoms with Crippen LogP contribution in [0.4, 0.5) is 0 Å². The van der Waals surface area contributed by atoms with Crippen molar-refractivity contribution in [2.75, 3.05) is 0 Å². The molecule has 4 aromatic rings. The number of aryl methyl sites for hydroxylation is 1. The lowest BCUT2D eigenvalue weighted by Gasteiger charge is -2.40. The minimum atomic E-state index is 0.175. The summed E-state index contributed by atoms with van der Waals surface area (Å²) in [4.78, 5) is 0. The molecule has 3 atom stereocenters. The predicted molar refractivity (Wildman–Crippen MR) is 117 cm³/mol. The Labute approximate surface area is 179 Å². The molecule has 0 radical (unpaired) electrons. The molecule has 1 unspecified atom stereocenters. The van der Waals surface area contributed by atoms with Crippen molar-refractivity contribution >= 4 is 11.0 Å². The van der Waals surface area contributed by atoms with Crippen molar-refractivity contribution < 1.29 is 5.11 Å². The van der Waals surface area contributed by atoms with E-state index < -0.39 is 0 Å². The molecule has 2 N–H and O–H groups in total. The number of aromatic nitrogens is 6. The van der Waals surface area contributed by atoms with Gasteiger partial charge in [0.2, 0.25) is 0 Å². The van der Waals surface area contributed by atoms with Gasteiger partial charge in [-0.1, -0.05) is 12.5 Å². The number of fused-ring (bicyclic) bond motifs is 3. The van der Waals surface area contributed by atoms with E-state index in [9.17, 15) is 5.11 Å². The molecule has 2 bridgehead atoms. The van der Waals surface area contributed by atoms with E-state index in [-0.39, 0.29) is 5.75 Å². The molecule has 31 heavy (non-hydrogen) atoms. The first-order chi connectivity index (χ1) is 15.1. The van der Waals surface area contributed by atoms with Gasteiger partial charge in [0.25, 0.3) is 0 Å². The van der Waals surface area contributed by atoms with Crippen molar-refractivity contribution in [1.29, 1.82) is 0 Å². The Hall–Kier alpha value is -3.26. The van der Waals surface area contributed by atoms with E-state index in [2.05, 4.69) is 30.4 Å². The zero-order valence-electron chi connectivity index (χ0n) is 17.4. The molecular weight excluding hydrogens is 390 g/mol. The van der Waals surface area contributed by atoms with E-state index in [0.717, 1.165) is 35.0 Å². The van der Waals surface area contributed by atoms with Crippen LogP contribution in [0.2, 0.25) is 0 Å². The number of piperidine rings is 2. The summed E-state index contributed by atoms with van der Waals surface area (Å²) >= 11 is 0. The molecule has 2 fully saturated rings. The molecule has 0 saturated carbocycles. The molecule has 6 rings (SSSR count). The lowest BCUT2D eigenvalue weighted by atomic mass is 9.84. The fourth-order valence-corrected chi connectivity index (χ4v) is 5.18. The lowest BCUT2D eigenvalue weighted by Crippen LogP contribution is -2.49. The van der Waals surface area contributed by atoms with Crippen LogP contribution in [0, 0.1) is 0 Å². The summed E-state index contributed by atoms with van der Waals surface area (Å²) in [5.41, 5.74) is 3.99. The van der Waals surface area contributed by atoms with Gasteiger partial charge in [-0.15, -0.1) is 10.2 Å². The monoisotopic (exact) mass is 415 g/mol. The van der Waals surface area contributed by atoms with Gasteiger partial charge in [-0.2, -0.15) is 10.2 Å². The second-order valence-corrected chi connectivity index (χ2v) is 8.85. The van der Waals surface area contributed by atoms with Gasteiger partial charge in [0.1, 0.15) is 5.75 Å². The highest BCUT2D eigenvalue weighted by Gasteiger charge is 2.33. The van der Waals surface area contributed by atoms with Gasteiger partial charge in [-0.05, 0) is 49.4 Å². The van der Waals surface area contributed by atoms with Crippen LogP contribution in [-0.4, -0.2) is 46.9 Å². The second-order valence-electron chi connectivity index (χ2n) is 8.85. The van der Waals surface area contributed by atoms with Gasteiger partial charge in [0.15, 0.2) is 5.65 Å². The fourth-order valence-electron chi connectivity index (χ4n) is 5.18. The highest BCUT2D eigenvalue weighted by atomic mass is 16.3. The van der Waals surface area contributed by atoms with E-state index in [1.807, 2.05) is 37.6 Å². The smallest absolute Gasteiger partial charge is 0.180 e. The molecule has 2 aliphatic rings. The van der Waals surface area contributed by atoms with Gasteiger partial charge in [-0.3, -0.25) is 4.68 Å². The second kappa shape index (κ2) is 7.16. The van der Waals surface area contributed by atoms with Crippen molar-refractivity contribution in [2.45, 2.75) is 50.2 Å². The summed E-state index contributed by atoms with van der Waals surface area (Å²) in [5.74, 6) is 0.175. The molecule has 2 saturated heterocycles. The van der Waals surface area contributed by atoms with Crippen molar-refractivity contribution in [3.63, 3.8) is 0 Å². The van der Waals surface area contributed by atoms with Crippen molar-refractivity contribution in [2.24, 2.45) is 7.05 Å². The minimum absolute atomic E-state index is 0.175. The molecule has 0 amide bonds. The van der Waals surface area contributed by atoms with Gasteiger partial charge in [0, 0.05) is 41.8 Å². The summed E-state index contributed by atoms with van der Waals surface area (Å²) in [7, 11) is 1.87. The quantitative estimate of drug-likeness (QED) is 0.532. The number of nitrogens with zero attached hydrogens (tertiary/aromatic N) is 6. The van der Waals surface area contributed by atoms with Gasteiger partial charge in [-0.25, -0.2) is 4.68 Å². The summed E-state index contributed by atoms with van der Waals surface area (Å²) in [6.45, 7) is 0. The van der Waals surface area contributed by atoms with Gasteiger partial charge < -0.3 is 10.4 Å². The van der Waals surface area contributed by atoms with Crippen molar-refractivity contribution in [3.8, 4) is 28.1 Å². The molecule has 3 aromatic heterocycles. The number of hydrogen-bond acceptors (Lipinski definition) is 6. The van der Waals surface area contributed by atoms with Crippen LogP contribution in [0.15, 0.2) is 42.9 Å². The number of phenolic OH excluding ortho intramolecular Hbond substituents is 1. The topological polar surface area (TPSA) is 93.7 Å². The number of nitrogens with one attached hydrogen (secondary N) is 1. The van der Waals surface area contributed by atoms with Crippen LogP contribution in [0.25, 0.3) is 33.4 Å². The van der Waals surface area contributed by atoms with E-state index in [0.29, 0.717) is 29.4 Å². The summed E-state index contributed by atoms with van der Waals surface area (Å²) < 4.78 is 3.80. The number of rotatable bonds is 3. The third-order valence-electron chi connectivity index (χ3n) is 6.69. The molecule has 158 valence electrons. The Balaban J connectivity index is 1.31. The number of phenols is 1. The van der Waals surface area contributed by atoms with Crippen LogP contribution in [-0.2, 0) is 7.05 Å². The molecule has 8 heteroatoms. The Morgan fingerprint density at radius 3 is 2.58 bits per heavy atom. The van der Waals surface area contributed by atoms with Crippen molar-refractivity contribution in [1.82, 2.24) is 35.1 Å². The maximum absolute atomic E-state index is 10.7. The maximum atomic E-state index is 10.7. The number of hydrogen-bond donors (Lipinski definition) is 2. The fraction of sp³-hybridized carbons (Fsp3) is 0.391. The Morgan fingerprint density at radius 2 is 1.84 bits per heavy atom. The average molecular weight is 416 g/mol. The average Bonchev–Trinajstić information content (AvgIpc) is 3.39. The molecular formula is C23H25N7O. The number of benzene rings is 1. The largest absolute Gasteiger partial charge is 0.507 e. The third-order valence-corrected chi connectivity index (χ3v) is 6.69. The first-order valence-electron chi connectivity index (χ1n) is 10.9. The molecule has 8 nitrogen and oxygen atoms in total. The van der Waals surface area contributed by atoms with Crippen LogP contribution < -0.4 is 5.32 Å². The van der Waals surface area contributed by atoms with E-state index in [4.69, 9.17) is 0 Å². The van der Waals surface area contributed by atoms with Crippen LogP contribution in [0.5, 0.6) is 5.75 Å². The summed E-state index contributed by atoms with van der Waals surface area (Å²) in [6, 6.07) is 9.09. The summed E-state index contributed by atoms with van der Waals surface area (Å²) in [6.07, 6.45) is 11.6. The summed E-state index contributed by atoms with van der Waals surface area (Å²) in [5, 5.41) is 33.2. The standard InChI is InChI=1S/C23H25N7O/c1-29-13-16(12-24-29)14-5-6-20(22(31)8-14)21-7-15-11-25-30(23(15)28-27-21)19-9-17-3-2-4-18(10-19)26-17/h5-8,11-13,17-19,26,31H,2-4,9-10H2,1H3/t17-,18+,19?. The van der Waals surface area contributed by atoms with Crippen LogP contribution in [0.1, 0.15) is 38.1 Å². The minimum Gasteiger partial charge on any atom is -0.507 e. The Morgan fingerprint density at radius 1 is 1.00 bits per heavy atom. The van der Waals surface area contributed by atoms with Gasteiger partial charge >= 0.3 is 0 Å². The maximum Gasteiger partial charge on any atom is 0.180 e. The van der Waals surface area contributed by atoms with Gasteiger partial charge in [0.05, 0.1) is 24.1 Å². The predicted octanol–water partition coefficient (Wildman–Crippen LogP) is 3.45. The highest BCUT2D eigenvalue weighted by Crippen LogP contribution is 2.36. The molecule has 2 aliphatic heterocycles. The highest BCUT2D eigenvalue weighted by molar-refractivity contribution is 5.81. The van der Waals surface area contributed by atoms with Crippen molar-refractivity contribution in [3.05, 3.63) is 42.9 Å². The van der Waals surface area contributed by atoms with E-state index >= 15 is 0 Å². The Bertz CT molecular complexity index is 1250. The first kappa shape index (κ1) is 18.5. The SMILES string of the molecule is Cn1cc(-c2ccc(-c3cc4cnn(C5C[C@H]6CCC[C@@H](C5)N6)c4nn3)c(O)c2)cn1. The zero-order chi connectivity index (χ0) is 20.9. The number of aromatic hydroxyl groups is 1. The molecule has 0 aliphatic carbocycles. The normalized spacial score (nSPS) is 23.3. The zero-order valence-corrected chi connectivity index (χ0v) is 17.4. The lowest BCUT2D eigenvalue weighted by molar-refractivity contribution is 0.182. The molecule has 0 spiro atoms. The first-order valence-corrected chi connectivity index (χ1v) is 10.9. The molecule has 1 aromatic carbocycles.